The van der Waals surface area contributed by atoms with Crippen LogP contribution in [0.2, 0.25) is 0 Å². The van der Waals surface area contributed by atoms with Crippen molar-refractivity contribution in [1.29, 1.82) is 0 Å². The van der Waals surface area contributed by atoms with Crippen molar-refractivity contribution in [1.82, 2.24) is 14.5 Å². The summed E-state index contributed by atoms with van der Waals surface area (Å²) < 4.78 is 2.96. The number of aromatic nitrogens is 3. The first-order chi connectivity index (χ1) is 10.5. The van der Waals surface area contributed by atoms with E-state index in [4.69, 9.17) is 0 Å². The average Bonchev–Trinajstić information content (AvgIpc) is 2.74. The summed E-state index contributed by atoms with van der Waals surface area (Å²) in [7, 11) is 1.96. The van der Waals surface area contributed by atoms with Gasteiger partial charge < -0.3 is 9.88 Å². The Bertz CT molecular complexity index is 856. The van der Waals surface area contributed by atoms with Crippen molar-refractivity contribution in [3.05, 3.63) is 52.4 Å². The van der Waals surface area contributed by atoms with Crippen LogP contribution in [0.25, 0.3) is 11.0 Å². The van der Waals surface area contributed by atoms with Gasteiger partial charge in [0.05, 0.1) is 11.0 Å². The van der Waals surface area contributed by atoms with Gasteiger partial charge in [0.15, 0.2) is 5.65 Å². The predicted molar refractivity (Wildman–Crippen MR) is 89.7 cm³/mol. The lowest BCUT2D eigenvalue weighted by Crippen LogP contribution is -2.15. The number of hydrogen-bond acceptors (Lipinski definition) is 3. The van der Waals surface area contributed by atoms with E-state index in [9.17, 15) is 4.79 Å². The highest BCUT2D eigenvalue weighted by molar-refractivity contribution is 9.10. The van der Waals surface area contributed by atoms with Gasteiger partial charge in [-0.25, -0.2) is 9.97 Å². The van der Waals surface area contributed by atoms with Gasteiger partial charge in [0, 0.05) is 24.3 Å². The van der Waals surface area contributed by atoms with Crippen LogP contribution in [0.4, 0.5) is 5.82 Å². The average molecular weight is 359 g/mol. The lowest BCUT2D eigenvalue weighted by Gasteiger charge is -2.06. The fraction of sp³-hybridized carbons (Fsp3) is 0.188. The number of rotatable bonds is 3. The topological polar surface area (TPSA) is 59.8 Å². The third-order valence-corrected chi connectivity index (χ3v) is 4.42. The number of pyridine rings is 2. The molecule has 3 heterocycles. The molecule has 0 saturated carbocycles. The maximum atomic E-state index is 12.2. The minimum Gasteiger partial charge on any atom is -0.343 e. The zero-order valence-corrected chi connectivity index (χ0v) is 13.9. The fourth-order valence-corrected chi connectivity index (χ4v) is 2.82. The lowest BCUT2D eigenvalue weighted by atomic mass is 10.2. The molecule has 0 fully saturated rings. The Morgan fingerprint density at radius 3 is 2.91 bits per heavy atom. The molecule has 0 aliphatic heterocycles. The number of hydrogen-bond donors (Lipinski definition) is 1. The van der Waals surface area contributed by atoms with Crippen molar-refractivity contribution in [2.45, 2.75) is 13.3 Å². The fourth-order valence-electron chi connectivity index (χ4n) is 2.28. The van der Waals surface area contributed by atoms with Gasteiger partial charge >= 0.3 is 0 Å². The van der Waals surface area contributed by atoms with E-state index in [1.807, 2.05) is 42.8 Å². The lowest BCUT2D eigenvalue weighted by molar-refractivity contribution is -0.115. The minimum absolute atomic E-state index is 0.0935. The van der Waals surface area contributed by atoms with Crippen LogP contribution in [0.15, 0.2) is 41.1 Å². The van der Waals surface area contributed by atoms with Crippen LogP contribution in [-0.2, 0) is 18.3 Å². The molecule has 5 nitrogen and oxygen atoms in total. The zero-order valence-electron chi connectivity index (χ0n) is 12.3. The van der Waals surface area contributed by atoms with Gasteiger partial charge in [-0.05, 0) is 58.7 Å². The van der Waals surface area contributed by atoms with Gasteiger partial charge in [-0.3, -0.25) is 4.79 Å². The minimum atomic E-state index is -0.0935. The molecule has 0 radical (unpaired) electrons. The van der Waals surface area contributed by atoms with Crippen molar-refractivity contribution >= 4 is 38.7 Å². The number of anilines is 1. The van der Waals surface area contributed by atoms with Crippen molar-refractivity contribution in [3.8, 4) is 0 Å². The second-order valence-corrected chi connectivity index (χ2v) is 5.92. The monoisotopic (exact) mass is 358 g/mol. The van der Waals surface area contributed by atoms with Crippen LogP contribution in [0.5, 0.6) is 0 Å². The van der Waals surface area contributed by atoms with E-state index in [0.717, 1.165) is 21.2 Å². The van der Waals surface area contributed by atoms with Gasteiger partial charge in [0.25, 0.3) is 0 Å². The molecule has 0 spiro atoms. The second kappa shape index (κ2) is 5.88. The first kappa shape index (κ1) is 14.7. The number of carbonyl (C=O) groups is 1. The Morgan fingerprint density at radius 1 is 1.36 bits per heavy atom. The summed E-state index contributed by atoms with van der Waals surface area (Å²) in [6, 6.07) is 9.44. The predicted octanol–water partition coefficient (Wildman–Crippen LogP) is 3.22. The third kappa shape index (κ3) is 2.87. The van der Waals surface area contributed by atoms with E-state index in [2.05, 4.69) is 31.2 Å². The molecule has 0 aromatic carbocycles. The normalized spacial score (nSPS) is 10.9. The molecule has 1 amide bonds. The molecule has 3 aromatic heterocycles. The number of amides is 1. The standard InChI is InChI=1S/C16H15BrN4O/c1-10-12(8-13(17)21(10)2)9-15(22)19-14-6-5-11-4-3-7-18-16(11)20-14/h3-8H,9H2,1-2H3,(H,18,19,20,22). The molecular weight excluding hydrogens is 344 g/mol. The van der Waals surface area contributed by atoms with Crippen molar-refractivity contribution in [2.24, 2.45) is 7.05 Å². The number of nitrogens with one attached hydrogen (secondary N) is 1. The van der Waals surface area contributed by atoms with Gasteiger partial charge in [0.1, 0.15) is 5.82 Å². The summed E-state index contributed by atoms with van der Waals surface area (Å²) in [6.07, 6.45) is 2.00. The molecule has 0 aliphatic rings. The number of carbonyl (C=O) groups excluding carboxylic acids is 1. The van der Waals surface area contributed by atoms with Crippen molar-refractivity contribution < 1.29 is 4.79 Å². The molecule has 0 aliphatic carbocycles. The van der Waals surface area contributed by atoms with E-state index < -0.39 is 0 Å². The van der Waals surface area contributed by atoms with Crippen LogP contribution in [0.3, 0.4) is 0 Å². The zero-order chi connectivity index (χ0) is 15.7. The first-order valence-corrected chi connectivity index (χ1v) is 7.66. The molecule has 0 atom stereocenters. The van der Waals surface area contributed by atoms with Gasteiger partial charge in [-0.1, -0.05) is 0 Å². The summed E-state index contributed by atoms with van der Waals surface area (Å²) in [5.41, 5.74) is 2.68. The molecule has 0 saturated heterocycles. The van der Waals surface area contributed by atoms with Crippen LogP contribution in [-0.4, -0.2) is 20.4 Å². The second-order valence-electron chi connectivity index (χ2n) is 5.11. The molecule has 3 rings (SSSR count). The highest BCUT2D eigenvalue weighted by Crippen LogP contribution is 2.20. The van der Waals surface area contributed by atoms with Gasteiger partial charge in [-0.15, -0.1) is 0 Å². The van der Waals surface area contributed by atoms with Gasteiger partial charge in [-0.2, -0.15) is 0 Å². The van der Waals surface area contributed by atoms with Gasteiger partial charge in [0.2, 0.25) is 5.91 Å². The molecule has 112 valence electrons. The molecule has 6 heteroatoms. The Balaban J connectivity index is 1.76. The number of nitrogens with zero attached hydrogens (tertiary/aromatic N) is 3. The van der Waals surface area contributed by atoms with E-state index in [1.54, 1.807) is 12.3 Å². The highest BCUT2D eigenvalue weighted by Gasteiger charge is 2.12. The van der Waals surface area contributed by atoms with Crippen LogP contribution >= 0.6 is 15.9 Å². The van der Waals surface area contributed by atoms with E-state index >= 15 is 0 Å². The summed E-state index contributed by atoms with van der Waals surface area (Å²) in [4.78, 5) is 20.7. The first-order valence-electron chi connectivity index (χ1n) is 6.87. The summed E-state index contributed by atoms with van der Waals surface area (Å²) >= 11 is 3.46. The van der Waals surface area contributed by atoms with Crippen LogP contribution < -0.4 is 5.32 Å². The maximum Gasteiger partial charge on any atom is 0.230 e. The summed E-state index contributed by atoms with van der Waals surface area (Å²) in [6.45, 7) is 1.99. The van der Waals surface area contributed by atoms with Crippen molar-refractivity contribution in [2.75, 3.05) is 5.32 Å². The van der Waals surface area contributed by atoms with E-state index in [1.165, 1.54) is 0 Å². The Hall–Kier alpha value is -2.21. The Kier molecular flexibility index (Phi) is 3.94. The number of fused-ring (bicyclic) bond motifs is 1. The Labute approximate surface area is 136 Å². The molecule has 0 bridgehead atoms. The molecule has 1 N–H and O–H groups in total. The Morgan fingerprint density at radius 2 is 2.18 bits per heavy atom. The molecular formula is C16H15BrN4O. The third-order valence-electron chi connectivity index (χ3n) is 3.66. The quantitative estimate of drug-likeness (QED) is 0.781. The summed E-state index contributed by atoms with van der Waals surface area (Å²) in [5.74, 6) is 0.424. The molecule has 22 heavy (non-hydrogen) atoms. The summed E-state index contributed by atoms with van der Waals surface area (Å²) in [5, 5.41) is 3.77. The van der Waals surface area contributed by atoms with E-state index in [-0.39, 0.29) is 5.91 Å². The van der Waals surface area contributed by atoms with Crippen LogP contribution in [0.1, 0.15) is 11.3 Å². The smallest absolute Gasteiger partial charge is 0.230 e. The SMILES string of the molecule is Cc1c(CC(=O)Nc2ccc3cccnc3n2)cc(Br)n1C. The van der Waals surface area contributed by atoms with Crippen LogP contribution in [0, 0.1) is 6.92 Å². The molecule has 3 aromatic rings. The van der Waals surface area contributed by atoms with E-state index in [0.29, 0.717) is 17.9 Å². The largest absolute Gasteiger partial charge is 0.343 e. The molecule has 0 unspecified atom stereocenters. The van der Waals surface area contributed by atoms with Crippen molar-refractivity contribution in [3.63, 3.8) is 0 Å². The highest BCUT2D eigenvalue weighted by atomic mass is 79.9. The maximum absolute atomic E-state index is 12.2. The number of halogens is 1.